The van der Waals surface area contributed by atoms with Crippen LogP contribution in [0.25, 0.3) is 0 Å². The number of hydrogen-bond donors (Lipinski definition) is 1. The lowest BCUT2D eigenvalue weighted by Crippen LogP contribution is -1.98. The minimum atomic E-state index is -0.250. The lowest BCUT2D eigenvalue weighted by atomic mass is 10.0. The third-order valence-corrected chi connectivity index (χ3v) is 5.18. The van der Waals surface area contributed by atoms with Crippen LogP contribution in [0.15, 0.2) is 12.4 Å². The van der Waals surface area contributed by atoms with Crippen LogP contribution in [0.2, 0.25) is 0 Å². The zero-order valence-electron chi connectivity index (χ0n) is 18.0. The molecule has 1 heterocycles. The molecule has 0 radical (unpaired) electrons. The van der Waals surface area contributed by atoms with Crippen LogP contribution in [0.5, 0.6) is 0 Å². The van der Waals surface area contributed by atoms with Gasteiger partial charge in [0.25, 0.3) is 6.47 Å². The van der Waals surface area contributed by atoms with Gasteiger partial charge in [-0.1, -0.05) is 103 Å². The smallest absolute Gasteiger partial charge is 0.290 e. The zero-order valence-corrected chi connectivity index (χ0v) is 18.0. The molecule has 1 N–H and O–H groups in total. The second-order valence-electron chi connectivity index (χ2n) is 7.58. The van der Waals surface area contributed by atoms with Crippen LogP contribution in [0, 0.1) is 6.92 Å². The molecule has 0 saturated heterocycles. The van der Waals surface area contributed by atoms with Gasteiger partial charge in [-0.2, -0.15) is 0 Å². The van der Waals surface area contributed by atoms with E-state index >= 15 is 0 Å². The normalized spacial score (nSPS) is 10.4. The van der Waals surface area contributed by atoms with Crippen LogP contribution in [0.4, 0.5) is 0 Å². The van der Waals surface area contributed by atoms with E-state index in [1.54, 1.807) is 0 Å². The second kappa shape index (κ2) is 21.0. The quantitative estimate of drug-likeness (QED) is 0.230. The summed E-state index contributed by atoms with van der Waals surface area (Å²) < 4.78 is 2.27. The van der Waals surface area contributed by atoms with E-state index in [2.05, 4.69) is 29.6 Å². The molecule has 158 valence electrons. The summed E-state index contributed by atoms with van der Waals surface area (Å²) in [5.74, 6) is 1.15. The maximum Gasteiger partial charge on any atom is 0.290 e. The Kier molecular flexibility index (Phi) is 20.0. The van der Waals surface area contributed by atoms with Gasteiger partial charge in [0.15, 0.2) is 0 Å². The fourth-order valence-electron chi connectivity index (χ4n) is 3.47. The van der Waals surface area contributed by atoms with Crippen molar-refractivity contribution in [1.29, 1.82) is 0 Å². The second-order valence-corrected chi connectivity index (χ2v) is 7.58. The van der Waals surface area contributed by atoms with E-state index in [0.29, 0.717) is 0 Å². The Bertz CT molecular complexity index is 418. The zero-order chi connectivity index (χ0) is 20.0. The summed E-state index contributed by atoms with van der Waals surface area (Å²) in [4.78, 5) is 12.6. The Morgan fingerprint density at radius 1 is 0.815 bits per heavy atom. The van der Waals surface area contributed by atoms with Gasteiger partial charge in [-0.05, 0) is 13.3 Å². The molecule has 4 heteroatoms. The minimum Gasteiger partial charge on any atom is -0.483 e. The maximum atomic E-state index is 8.36. The highest BCUT2D eigenvalue weighted by Gasteiger charge is 1.97. The number of imidazole rings is 1. The Morgan fingerprint density at radius 2 is 1.19 bits per heavy atom. The van der Waals surface area contributed by atoms with Crippen LogP contribution < -0.4 is 0 Å². The number of unbranched alkanes of at least 4 members (excludes halogenated alkanes) is 15. The SMILES string of the molecule is CCCCCCCCCCCCCCCCCCn1ccnc1C.O=CO. The Labute approximate surface area is 167 Å². The average Bonchev–Trinajstić information content (AvgIpc) is 3.07. The molecule has 27 heavy (non-hydrogen) atoms. The summed E-state index contributed by atoms with van der Waals surface area (Å²) in [5, 5.41) is 6.89. The number of carbonyl (C=O) groups is 1. The van der Waals surface area contributed by atoms with Gasteiger partial charge in [0.05, 0.1) is 0 Å². The van der Waals surface area contributed by atoms with E-state index in [4.69, 9.17) is 9.90 Å². The van der Waals surface area contributed by atoms with Gasteiger partial charge in [-0.15, -0.1) is 0 Å². The summed E-state index contributed by atoms with van der Waals surface area (Å²) in [6.45, 7) is 5.28. The van der Waals surface area contributed by atoms with Crippen molar-refractivity contribution in [2.45, 2.75) is 123 Å². The summed E-state index contributed by atoms with van der Waals surface area (Å²) in [6.07, 6.45) is 27.0. The van der Waals surface area contributed by atoms with Gasteiger partial charge in [-0.3, -0.25) is 4.79 Å². The highest BCUT2D eigenvalue weighted by Crippen LogP contribution is 2.14. The van der Waals surface area contributed by atoms with Crippen molar-refractivity contribution in [3.8, 4) is 0 Å². The molecule has 0 aromatic carbocycles. The van der Waals surface area contributed by atoms with Crippen molar-refractivity contribution < 1.29 is 9.90 Å². The molecule has 0 unspecified atom stereocenters. The van der Waals surface area contributed by atoms with Crippen LogP contribution in [0.1, 0.15) is 115 Å². The largest absolute Gasteiger partial charge is 0.483 e. The van der Waals surface area contributed by atoms with Crippen LogP contribution in [0.3, 0.4) is 0 Å². The molecule has 0 aliphatic heterocycles. The predicted octanol–water partition coefficient (Wildman–Crippen LogP) is 7.15. The molecule has 4 nitrogen and oxygen atoms in total. The lowest BCUT2D eigenvalue weighted by molar-refractivity contribution is -0.122. The molecule has 0 amide bonds. The first kappa shape index (κ1) is 25.7. The molecule has 1 aromatic heterocycles. The molecule has 0 aliphatic rings. The molecule has 0 atom stereocenters. The van der Waals surface area contributed by atoms with E-state index < -0.39 is 0 Å². The number of hydrogen-bond acceptors (Lipinski definition) is 2. The average molecular weight is 381 g/mol. The first-order chi connectivity index (χ1) is 13.3. The van der Waals surface area contributed by atoms with E-state index in [9.17, 15) is 0 Å². The topological polar surface area (TPSA) is 55.1 Å². The van der Waals surface area contributed by atoms with E-state index in [1.807, 2.05) is 6.20 Å². The van der Waals surface area contributed by atoms with Gasteiger partial charge < -0.3 is 9.67 Å². The first-order valence-electron chi connectivity index (χ1n) is 11.3. The van der Waals surface area contributed by atoms with Crippen molar-refractivity contribution in [2.24, 2.45) is 0 Å². The fraction of sp³-hybridized carbons (Fsp3) is 0.826. The third kappa shape index (κ3) is 17.8. The third-order valence-electron chi connectivity index (χ3n) is 5.18. The molecule has 0 spiro atoms. The van der Waals surface area contributed by atoms with Gasteiger partial charge in [0.2, 0.25) is 0 Å². The molecular formula is C23H44N2O2. The van der Waals surface area contributed by atoms with Gasteiger partial charge >= 0.3 is 0 Å². The van der Waals surface area contributed by atoms with Crippen molar-refractivity contribution in [2.75, 3.05) is 0 Å². The molecule has 0 aliphatic carbocycles. The maximum absolute atomic E-state index is 8.36. The Hall–Kier alpha value is -1.32. The number of aryl methyl sites for hydroxylation is 2. The van der Waals surface area contributed by atoms with Gasteiger partial charge in [0.1, 0.15) is 5.82 Å². The standard InChI is InChI=1S/C22H42N2.CH2O2/c1-3-4-5-6-7-8-9-10-11-12-13-14-15-16-17-18-20-24-21-19-23-22(24)2;2-1-3/h19,21H,3-18,20H2,1-2H3;1H,(H,2,3). The van der Waals surface area contributed by atoms with Crippen molar-refractivity contribution in [1.82, 2.24) is 9.55 Å². The van der Waals surface area contributed by atoms with Crippen molar-refractivity contribution in [3.05, 3.63) is 18.2 Å². The fourth-order valence-corrected chi connectivity index (χ4v) is 3.47. The molecule has 0 bridgehead atoms. The number of carboxylic acid groups (broad SMARTS) is 1. The van der Waals surface area contributed by atoms with Crippen molar-refractivity contribution in [3.63, 3.8) is 0 Å². The van der Waals surface area contributed by atoms with Crippen LogP contribution in [-0.2, 0) is 11.3 Å². The summed E-state index contributed by atoms with van der Waals surface area (Å²) in [7, 11) is 0. The first-order valence-corrected chi connectivity index (χ1v) is 11.3. The van der Waals surface area contributed by atoms with Crippen LogP contribution >= 0.6 is 0 Å². The van der Waals surface area contributed by atoms with Gasteiger partial charge in [-0.25, -0.2) is 4.98 Å². The van der Waals surface area contributed by atoms with E-state index in [1.165, 1.54) is 103 Å². The summed E-state index contributed by atoms with van der Waals surface area (Å²) in [6, 6.07) is 0. The van der Waals surface area contributed by atoms with E-state index in [0.717, 1.165) is 12.4 Å². The summed E-state index contributed by atoms with van der Waals surface area (Å²) >= 11 is 0. The minimum absolute atomic E-state index is 0.250. The number of aromatic nitrogens is 2. The Balaban J connectivity index is 0.00000210. The highest BCUT2D eigenvalue weighted by atomic mass is 16.3. The summed E-state index contributed by atoms with van der Waals surface area (Å²) in [5.41, 5.74) is 0. The Morgan fingerprint density at radius 3 is 1.52 bits per heavy atom. The van der Waals surface area contributed by atoms with Crippen molar-refractivity contribution >= 4 is 6.47 Å². The molecule has 1 rings (SSSR count). The molecule has 0 fully saturated rings. The molecule has 0 saturated carbocycles. The molecule has 1 aromatic rings. The van der Waals surface area contributed by atoms with Gasteiger partial charge in [0, 0.05) is 18.9 Å². The number of nitrogens with zero attached hydrogens (tertiary/aromatic N) is 2. The monoisotopic (exact) mass is 380 g/mol. The lowest BCUT2D eigenvalue weighted by Gasteiger charge is -2.05. The van der Waals surface area contributed by atoms with Crippen LogP contribution in [-0.4, -0.2) is 21.1 Å². The van der Waals surface area contributed by atoms with E-state index in [-0.39, 0.29) is 6.47 Å². The molecular weight excluding hydrogens is 336 g/mol. The predicted molar refractivity (Wildman–Crippen MR) is 115 cm³/mol. The number of rotatable bonds is 17. The highest BCUT2D eigenvalue weighted by molar-refractivity contribution is 5.32.